The van der Waals surface area contributed by atoms with Crippen LogP contribution in [0, 0.1) is 0 Å². The summed E-state index contributed by atoms with van der Waals surface area (Å²) >= 11 is 0. The van der Waals surface area contributed by atoms with Crippen LogP contribution in [-0.2, 0) is 6.18 Å². The second-order valence-corrected chi connectivity index (χ2v) is 4.21. The fourth-order valence-electron chi connectivity index (χ4n) is 1.69. The van der Waals surface area contributed by atoms with E-state index >= 15 is 0 Å². The number of urea groups is 1. The maximum Gasteiger partial charge on any atom is 0.416 e. The monoisotopic (exact) mass is 295 g/mol. The van der Waals surface area contributed by atoms with Crippen molar-refractivity contribution in [3.63, 3.8) is 0 Å². The molecule has 0 unspecified atom stereocenters. The number of alkyl halides is 3. The average molecular weight is 295 g/mol. The molecule has 0 spiro atoms. The Bertz CT molecular complexity index is 639. The lowest BCUT2D eigenvalue weighted by Crippen LogP contribution is -2.24. The molecule has 0 saturated heterocycles. The van der Waals surface area contributed by atoms with Crippen LogP contribution < -0.4 is 10.6 Å². The molecule has 2 amide bonds. The van der Waals surface area contributed by atoms with Gasteiger partial charge < -0.3 is 10.6 Å². The summed E-state index contributed by atoms with van der Waals surface area (Å²) in [5.74, 6) is 0. The van der Waals surface area contributed by atoms with Crippen molar-refractivity contribution in [2.24, 2.45) is 0 Å². The number of benzene rings is 1. The average Bonchev–Trinajstić information content (AvgIpc) is 2.47. The van der Waals surface area contributed by atoms with Crippen LogP contribution in [0.1, 0.15) is 5.56 Å². The Morgan fingerprint density at radius 3 is 2.52 bits per heavy atom. The Balaban J connectivity index is 2.25. The third-order valence-electron chi connectivity index (χ3n) is 2.73. The minimum Gasteiger partial charge on any atom is -0.341 e. The second-order valence-electron chi connectivity index (χ2n) is 4.21. The van der Waals surface area contributed by atoms with Gasteiger partial charge >= 0.3 is 12.2 Å². The molecule has 2 aromatic rings. The molecule has 0 atom stereocenters. The highest BCUT2D eigenvalue weighted by Gasteiger charge is 2.30. The number of halogens is 3. The summed E-state index contributed by atoms with van der Waals surface area (Å²) in [5.41, 5.74) is 0.472. The lowest BCUT2D eigenvalue weighted by molar-refractivity contribution is -0.137. The van der Waals surface area contributed by atoms with Gasteiger partial charge in [0.05, 0.1) is 23.1 Å². The van der Waals surface area contributed by atoms with Crippen molar-refractivity contribution >= 4 is 11.7 Å². The smallest absolute Gasteiger partial charge is 0.341 e. The third kappa shape index (κ3) is 3.71. The molecule has 0 aliphatic rings. The molecule has 0 saturated carbocycles. The normalized spacial score (nSPS) is 11.0. The van der Waals surface area contributed by atoms with Crippen LogP contribution >= 0.6 is 0 Å². The Morgan fingerprint density at radius 2 is 1.95 bits per heavy atom. The topological polar surface area (TPSA) is 54.0 Å². The number of carbonyl (C=O) groups is 1. The summed E-state index contributed by atoms with van der Waals surface area (Å²) < 4.78 is 38.0. The van der Waals surface area contributed by atoms with E-state index in [1.165, 1.54) is 19.3 Å². The van der Waals surface area contributed by atoms with E-state index in [1.54, 1.807) is 18.2 Å². The third-order valence-corrected chi connectivity index (χ3v) is 2.73. The van der Waals surface area contributed by atoms with E-state index < -0.39 is 17.8 Å². The van der Waals surface area contributed by atoms with Crippen molar-refractivity contribution in [2.45, 2.75) is 6.18 Å². The first-order chi connectivity index (χ1) is 9.90. The number of anilines is 1. The summed E-state index contributed by atoms with van der Waals surface area (Å²) in [4.78, 5) is 15.2. The number of pyridine rings is 1. The van der Waals surface area contributed by atoms with E-state index in [2.05, 4.69) is 15.6 Å². The van der Waals surface area contributed by atoms with E-state index in [9.17, 15) is 18.0 Å². The molecule has 110 valence electrons. The molecular weight excluding hydrogens is 283 g/mol. The van der Waals surface area contributed by atoms with Crippen molar-refractivity contribution in [1.29, 1.82) is 0 Å². The molecule has 0 bridgehead atoms. The zero-order valence-corrected chi connectivity index (χ0v) is 11.0. The maximum atomic E-state index is 12.7. The lowest BCUT2D eigenvalue weighted by atomic mass is 10.1. The number of carbonyl (C=O) groups excluding carboxylic acids is 1. The summed E-state index contributed by atoms with van der Waals surface area (Å²) in [6.45, 7) is 0. The molecule has 1 heterocycles. The fourth-order valence-corrected chi connectivity index (χ4v) is 1.69. The van der Waals surface area contributed by atoms with Crippen LogP contribution in [0.15, 0.2) is 42.6 Å². The van der Waals surface area contributed by atoms with Crippen molar-refractivity contribution in [2.75, 3.05) is 12.4 Å². The predicted octanol–water partition coefficient (Wildman–Crippen LogP) is 3.52. The first-order valence-corrected chi connectivity index (χ1v) is 6.02. The quantitative estimate of drug-likeness (QED) is 0.890. The van der Waals surface area contributed by atoms with Gasteiger partial charge in [0.25, 0.3) is 0 Å². The molecule has 4 nitrogen and oxygen atoms in total. The largest absolute Gasteiger partial charge is 0.416 e. The number of hydrogen-bond acceptors (Lipinski definition) is 2. The summed E-state index contributed by atoms with van der Waals surface area (Å²) in [6, 6.07) is 7.63. The first-order valence-electron chi connectivity index (χ1n) is 6.02. The van der Waals surface area contributed by atoms with Gasteiger partial charge in [-0.1, -0.05) is 12.1 Å². The highest BCUT2D eigenvalue weighted by atomic mass is 19.4. The van der Waals surface area contributed by atoms with Gasteiger partial charge in [0, 0.05) is 12.6 Å². The Labute approximate surface area is 119 Å². The minimum atomic E-state index is -4.39. The van der Waals surface area contributed by atoms with E-state index in [1.807, 2.05) is 0 Å². The van der Waals surface area contributed by atoms with Crippen LogP contribution in [0.2, 0.25) is 0 Å². The summed E-state index contributed by atoms with van der Waals surface area (Å²) in [7, 11) is 1.47. The van der Waals surface area contributed by atoms with Gasteiger partial charge in [-0.3, -0.25) is 4.98 Å². The van der Waals surface area contributed by atoms with Gasteiger partial charge in [-0.05, 0) is 24.3 Å². The Kier molecular flexibility index (Phi) is 4.11. The molecule has 1 aromatic heterocycles. The lowest BCUT2D eigenvalue weighted by Gasteiger charge is -2.09. The van der Waals surface area contributed by atoms with Gasteiger partial charge in [-0.2, -0.15) is 13.2 Å². The highest BCUT2D eigenvalue weighted by Crippen LogP contribution is 2.31. The summed E-state index contributed by atoms with van der Waals surface area (Å²) in [6.07, 6.45) is -3.01. The molecule has 21 heavy (non-hydrogen) atoms. The van der Waals surface area contributed by atoms with Gasteiger partial charge in [0.2, 0.25) is 0 Å². The van der Waals surface area contributed by atoms with E-state index in [0.717, 1.165) is 12.1 Å². The van der Waals surface area contributed by atoms with Gasteiger partial charge in [-0.15, -0.1) is 0 Å². The molecular formula is C14H12F3N3O. The molecule has 1 aromatic carbocycles. The predicted molar refractivity (Wildman–Crippen MR) is 72.8 cm³/mol. The van der Waals surface area contributed by atoms with Crippen molar-refractivity contribution in [3.8, 4) is 11.3 Å². The second kappa shape index (κ2) is 5.82. The number of hydrogen-bond donors (Lipinski definition) is 2. The minimum absolute atomic E-state index is 0.358. The van der Waals surface area contributed by atoms with Crippen LogP contribution in [0.4, 0.5) is 23.7 Å². The van der Waals surface area contributed by atoms with Crippen LogP contribution in [0.3, 0.4) is 0 Å². The Hall–Kier alpha value is -2.57. The number of nitrogens with zero attached hydrogens (tertiary/aromatic N) is 1. The van der Waals surface area contributed by atoms with Crippen molar-refractivity contribution in [3.05, 3.63) is 48.2 Å². The van der Waals surface area contributed by atoms with E-state index in [0.29, 0.717) is 16.9 Å². The van der Waals surface area contributed by atoms with E-state index in [-0.39, 0.29) is 0 Å². The standard InChI is InChI=1S/C14H12F3N3O/c1-18-13(21)20-11-5-6-12(19-8-11)9-3-2-4-10(7-9)14(15,16)17/h2-8H,1H3,(H2,18,20,21). The summed E-state index contributed by atoms with van der Waals surface area (Å²) in [5, 5.41) is 4.89. The SMILES string of the molecule is CNC(=O)Nc1ccc(-c2cccc(C(F)(F)F)c2)nc1. The molecule has 2 rings (SSSR count). The molecule has 0 fully saturated rings. The highest BCUT2D eigenvalue weighted by molar-refractivity contribution is 5.88. The molecule has 7 heteroatoms. The van der Waals surface area contributed by atoms with Gasteiger partial charge in [0.1, 0.15) is 0 Å². The number of rotatable bonds is 2. The number of aromatic nitrogens is 1. The van der Waals surface area contributed by atoms with Crippen molar-refractivity contribution in [1.82, 2.24) is 10.3 Å². The van der Waals surface area contributed by atoms with Crippen LogP contribution in [0.5, 0.6) is 0 Å². The number of nitrogens with one attached hydrogen (secondary N) is 2. The Morgan fingerprint density at radius 1 is 1.19 bits per heavy atom. The molecule has 0 aliphatic carbocycles. The van der Waals surface area contributed by atoms with Crippen LogP contribution in [-0.4, -0.2) is 18.1 Å². The maximum absolute atomic E-state index is 12.7. The fraction of sp³-hybridized carbons (Fsp3) is 0.143. The zero-order chi connectivity index (χ0) is 15.5. The molecule has 0 aliphatic heterocycles. The molecule has 0 radical (unpaired) electrons. The number of amides is 2. The van der Waals surface area contributed by atoms with Crippen LogP contribution in [0.25, 0.3) is 11.3 Å². The zero-order valence-electron chi connectivity index (χ0n) is 11.0. The first kappa shape index (κ1) is 14.8. The van der Waals surface area contributed by atoms with E-state index in [4.69, 9.17) is 0 Å². The van der Waals surface area contributed by atoms with Gasteiger partial charge in [-0.25, -0.2) is 4.79 Å². The van der Waals surface area contributed by atoms with Gasteiger partial charge in [0.15, 0.2) is 0 Å². The van der Waals surface area contributed by atoms with Crippen molar-refractivity contribution < 1.29 is 18.0 Å². The molecule has 2 N–H and O–H groups in total.